The van der Waals surface area contributed by atoms with Crippen molar-refractivity contribution in [3.8, 4) is 0 Å². The van der Waals surface area contributed by atoms with Gasteiger partial charge in [0.1, 0.15) is 5.82 Å². The van der Waals surface area contributed by atoms with Crippen molar-refractivity contribution in [3.63, 3.8) is 0 Å². The zero-order valence-corrected chi connectivity index (χ0v) is 13.9. The zero-order valence-electron chi connectivity index (χ0n) is 13.2. The van der Waals surface area contributed by atoms with Crippen LogP contribution in [0.25, 0.3) is 0 Å². The fourth-order valence-electron chi connectivity index (χ4n) is 2.14. The summed E-state index contributed by atoms with van der Waals surface area (Å²) >= 11 is 5.63. The van der Waals surface area contributed by atoms with Crippen molar-refractivity contribution in [3.05, 3.63) is 70.0 Å². The molecule has 0 bridgehead atoms. The monoisotopic (exact) mass is 330 g/mol. The molecule has 0 aromatic heterocycles. The molecule has 120 valence electrons. The second-order valence-electron chi connectivity index (χ2n) is 5.36. The predicted octanol–water partition coefficient (Wildman–Crippen LogP) is 5.66. The number of aryl methyl sites for hydroxylation is 1. The van der Waals surface area contributed by atoms with Gasteiger partial charge in [-0.3, -0.25) is 0 Å². The smallest absolute Gasteiger partial charge is 0.142 e. The van der Waals surface area contributed by atoms with E-state index in [-0.39, 0.29) is 5.02 Å². The molecule has 23 heavy (non-hydrogen) atoms. The van der Waals surface area contributed by atoms with E-state index in [9.17, 15) is 4.39 Å². The van der Waals surface area contributed by atoms with Crippen molar-refractivity contribution in [2.75, 3.05) is 0 Å². The van der Waals surface area contributed by atoms with E-state index in [1.165, 1.54) is 43.2 Å². The van der Waals surface area contributed by atoms with Gasteiger partial charge in [-0.25, -0.2) is 4.39 Å². The van der Waals surface area contributed by atoms with Gasteiger partial charge in [-0.05, 0) is 41.7 Å². The number of hydrogen-bond donors (Lipinski definition) is 0. The minimum atomic E-state index is -0.460. The lowest BCUT2D eigenvalue weighted by Gasteiger charge is -2.00. The number of halogens is 2. The quantitative estimate of drug-likeness (QED) is 0.355. The first-order valence-electron chi connectivity index (χ1n) is 7.79. The summed E-state index contributed by atoms with van der Waals surface area (Å²) in [6.45, 7) is 2.21. The Labute approximate surface area is 141 Å². The third kappa shape index (κ3) is 5.95. The molecule has 4 heteroatoms. The predicted molar refractivity (Wildman–Crippen MR) is 96.3 cm³/mol. The summed E-state index contributed by atoms with van der Waals surface area (Å²) in [6.07, 6.45) is 8.02. The molecule has 0 heterocycles. The Balaban J connectivity index is 1.89. The summed E-state index contributed by atoms with van der Waals surface area (Å²) in [7, 11) is 0. The SMILES string of the molecule is CCCCCc1ccc(C=NN=Cc2ccc(Cl)c(F)c2)cc1. The van der Waals surface area contributed by atoms with Gasteiger partial charge in [0.05, 0.1) is 17.5 Å². The van der Waals surface area contributed by atoms with Crippen LogP contribution < -0.4 is 0 Å². The molecule has 0 aliphatic rings. The highest BCUT2D eigenvalue weighted by atomic mass is 35.5. The lowest BCUT2D eigenvalue weighted by Crippen LogP contribution is -1.87. The van der Waals surface area contributed by atoms with Crippen LogP contribution in [-0.4, -0.2) is 12.4 Å². The number of nitrogens with zero attached hydrogens (tertiary/aromatic N) is 2. The second kappa shape index (κ2) is 9.21. The first-order chi connectivity index (χ1) is 11.2. The van der Waals surface area contributed by atoms with Gasteiger partial charge in [-0.1, -0.05) is 61.7 Å². The van der Waals surface area contributed by atoms with Crippen LogP contribution in [0.2, 0.25) is 5.02 Å². The molecule has 2 aromatic rings. The summed E-state index contributed by atoms with van der Waals surface area (Å²) in [6, 6.07) is 12.8. The van der Waals surface area contributed by atoms with Crippen molar-refractivity contribution in [2.24, 2.45) is 10.2 Å². The van der Waals surface area contributed by atoms with Gasteiger partial charge in [0, 0.05) is 0 Å². The molecule has 0 saturated heterocycles. The van der Waals surface area contributed by atoms with E-state index in [0.29, 0.717) is 5.56 Å². The molecular formula is C19H20ClFN2. The van der Waals surface area contributed by atoms with Crippen molar-refractivity contribution >= 4 is 24.0 Å². The van der Waals surface area contributed by atoms with Gasteiger partial charge < -0.3 is 0 Å². The van der Waals surface area contributed by atoms with Crippen molar-refractivity contribution < 1.29 is 4.39 Å². The van der Waals surface area contributed by atoms with Crippen LogP contribution >= 0.6 is 11.6 Å². The van der Waals surface area contributed by atoms with Gasteiger partial charge in [0.2, 0.25) is 0 Å². The van der Waals surface area contributed by atoms with Crippen LogP contribution in [0.3, 0.4) is 0 Å². The van der Waals surface area contributed by atoms with Crippen LogP contribution in [0.4, 0.5) is 4.39 Å². The lowest BCUT2D eigenvalue weighted by atomic mass is 10.1. The molecule has 0 saturated carbocycles. The molecule has 0 amide bonds. The molecule has 2 nitrogen and oxygen atoms in total. The fraction of sp³-hybridized carbons (Fsp3) is 0.263. The van der Waals surface area contributed by atoms with Crippen molar-refractivity contribution in [1.82, 2.24) is 0 Å². The van der Waals surface area contributed by atoms with Crippen LogP contribution in [0, 0.1) is 5.82 Å². The maximum absolute atomic E-state index is 13.3. The highest BCUT2D eigenvalue weighted by Gasteiger charge is 1.98. The molecule has 0 spiro atoms. The molecule has 0 radical (unpaired) electrons. The Morgan fingerprint density at radius 1 is 0.957 bits per heavy atom. The summed E-state index contributed by atoms with van der Waals surface area (Å²) in [5.74, 6) is -0.460. The lowest BCUT2D eigenvalue weighted by molar-refractivity contribution is 0.628. The maximum Gasteiger partial charge on any atom is 0.142 e. The Hall–Kier alpha value is -2.00. The van der Waals surface area contributed by atoms with E-state index in [1.807, 2.05) is 12.1 Å². The average Bonchev–Trinajstić information content (AvgIpc) is 2.56. The average molecular weight is 331 g/mol. The molecule has 0 unspecified atom stereocenters. The highest BCUT2D eigenvalue weighted by molar-refractivity contribution is 6.30. The summed E-state index contributed by atoms with van der Waals surface area (Å²) in [5.41, 5.74) is 2.95. The van der Waals surface area contributed by atoms with E-state index in [0.717, 1.165) is 12.0 Å². The third-order valence-corrected chi connectivity index (χ3v) is 3.78. The molecule has 0 fully saturated rings. The maximum atomic E-state index is 13.3. The molecule has 0 aliphatic heterocycles. The number of unbranched alkanes of at least 4 members (excludes halogenated alkanes) is 2. The Morgan fingerprint density at radius 3 is 2.26 bits per heavy atom. The number of benzene rings is 2. The molecule has 0 N–H and O–H groups in total. The van der Waals surface area contributed by atoms with Gasteiger partial charge in [0.25, 0.3) is 0 Å². The van der Waals surface area contributed by atoms with E-state index >= 15 is 0 Å². The van der Waals surface area contributed by atoms with Crippen LogP contribution in [0.15, 0.2) is 52.7 Å². The van der Waals surface area contributed by atoms with Crippen LogP contribution in [0.5, 0.6) is 0 Å². The third-order valence-electron chi connectivity index (χ3n) is 3.47. The Morgan fingerprint density at radius 2 is 1.61 bits per heavy atom. The van der Waals surface area contributed by atoms with Crippen LogP contribution in [-0.2, 0) is 6.42 Å². The highest BCUT2D eigenvalue weighted by Crippen LogP contribution is 2.14. The van der Waals surface area contributed by atoms with Gasteiger partial charge in [-0.15, -0.1) is 0 Å². The summed E-state index contributed by atoms with van der Waals surface area (Å²) in [5, 5.41) is 8.01. The normalized spacial score (nSPS) is 11.6. The topological polar surface area (TPSA) is 24.7 Å². The number of hydrogen-bond acceptors (Lipinski definition) is 2. The Kier molecular flexibility index (Phi) is 6.95. The minimum Gasteiger partial charge on any atom is -0.205 e. The minimum absolute atomic E-state index is 0.102. The molecule has 2 rings (SSSR count). The first-order valence-corrected chi connectivity index (χ1v) is 8.17. The molecule has 2 aromatic carbocycles. The zero-order chi connectivity index (χ0) is 16.5. The molecule has 0 atom stereocenters. The van der Waals surface area contributed by atoms with Gasteiger partial charge in [0.15, 0.2) is 0 Å². The summed E-state index contributed by atoms with van der Waals surface area (Å²) < 4.78 is 13.3. The standard InChI is InChI=1S/C19H20ClFN2/c1-2-3-4-5-15-6-8-16(9-7-15)13-22-23-14-17-10-11-18(20)19(21)12-17/h6-14H,2-5H2,1H3. The van der Waals surface area contributed by atoms with Gasteiger partial charge >= 0.3 is 0 Å². The molecule has 0 aliphatic carbocycles. The second-order valence-corrected chi connectivity index (χ2v) is 5.77. The molecular weight excluding hydrogens is 311 g/mol. The van der Waals surface area contributed by atoms with Crippen molar-refractivity contribution in [1.29, 1.82) is 0 Å². The van der Waals surface area contributed by atoms with E-state index in [4.69, 9.17) is 11.6 Å². The van der Waals surface area contributed by atoms with Crippen LogP contribution in [0.1, 0.15) is 42.9 Å². The summed E-state index contributed by atoms with van der Waals surface area (Å²) in [4.78, 5) is 0. The van der Waals surface area contributed by atoms with E-state index < -0.39 is 5.82 Å². The number of rotatable bonds is 7. The van der Waals surface area contributed by atoms with E-state index in [1.54, 1.807) is 12.3 Å². The van der Waals surface area contributed by atoms with Crippen molar-refractivity contribution in [2.45, 2.75) is 32.6 Å². The van der Waals surface area contributed by atoms with E-state index in [2.05, 4.69) is 29.3 Å². The first kappa shape index (κ1) is 17.4. The largest absolute Gasteiger partial charge is 0.205 e. The Bertz CT molecular complexity index is 678. The van der Waals surface area contributed by atoms with Gasteiger partial charge in [-0.2, -0.15) is 10.2 Å². The fourth-order valence-corrected chi connectivity index (χ4v) is 2.26.